The summed E-state index contributed by atoms with van der Waals surface area (Å²) in [6, 6.07) is 27.4. The molecule has 0 saturated heterocycles. The lowest BCUT2D eigenvalue weighted by atomic mass is 9.94. The van der Waals surface area contributed by atoms with Gasteiger partial charge in [0.15, 0.2) is 0 Å². The molecule has 1 saturated carbocycles. The number of ether oxygens (including phenoxy) is 2. The van der Waals surface area contributed by atoms with Crippen LogP contribution in [0.4, 0.5) is 5.69 Å². The van der Waals surface area contributed by atoms with E-state index in [1.165, 1.54) is 24.1 Å². The Hall–Kier alpha value is -4.35. The zero-order valence-corrected chi connectivity index (χ0v) is 31.1. The van der Waals surface area contributed by atoms with Gasteiger partial charge in [-0.3, -0.25) is 13.9 Å². The molecule has 2 amide bonds. The van der Waals surface area contributed by atoms with Crippen molar-refractivity contribution >= 4 is 43.5 Å². The largest absolute Gasteiger partial charge is 0.497 e. The highest BCUT2D eigenvalue weighted by atomic mass is 79.9. The predicted octanol–water partition coefficient (Wildman–Crippen LogP) is 7.06. The average Bonchev–Trinajstić information content (AvgIpc) is 3.13. The van der Waals surface area contributed by atoms with E-state index in [0.29, 0.717) is 21.7 Å². The Bertz CT molecular complexity index is 1860. The van der Waals surface area contributed by atoms with Gasteiger partial charge in [0.25, 0.3) is 10.0 Å². The molecule has 0 spiro atoms. The Morgan fingerprint density at radius 3 is 2.22 bits per heavy atom. The fourth-order valence-electron chi connectivity index (χ4n) is 6.24. The van der Waals surface area contributed by atoms with Crippen LogP contribution in [0.1, 0.15) is 48.8 Å². The van der Waals surface area contributed by atoms with Gasteiger partial charge in [0.2, 0.25) is 11.8 Å². The maximum absolute atomic E-state index is 14.8. The fraction of sp³-hybridized carbons (Fsp3) is 0.333. The topological polar surface area (TPSA) is 105 Å². The first-order valence-electron chi connectivity index (χ1n) is 16.8. The van der Waals surface area contributed by atoms with Gasteiger partial charge in [-0.1, -0.05) is 79.4 Å². The second kappa shape index (κ2) is 17.0. The number of nitrogens with zero attached hydrogens (tertiary/aromatic N) is 2. The number of carbonyl (C=O) groups excluding carboxylic acids is 2. The molecular weight excluding hydrogens is 718 g/mol. The Balaban J connectivity index is 1.58. The summed E-state index contributed by atoms with van der Waals surface area (Å²) in [7, 11) is -1.21. The number of aryl methyl sites for hydroxylation is 1. The van der Waals surface area contributed by atoms with Crippen molar-refractivity contribution in [1.29, 1.82) is 0 Å². The van der Waals surface area contributed by atoms with Crippen molar-refractivity contribution in [3.8, 4) is 11.5 Å². The molecule has 0 unspecified atom stereocenters. The Labute approximate surface area is 303 Å². The molecule has 0 bridgehead atoms. The van der Waals surface area contributed by atoms with Crippen LogP contribution in [-0.2, 0) is 32.6 Å². The van der Waals surface area contributed by atoms with Gasteiger partial charge in [0.05, 0.1) is 29.3 Å². The minimum absolute atomic E-state index is 0.0150. The first kappa shape index (κ1) is 36.9. The van der Waals surface area contributed by atoms with Gasteiger partial charge in [0, 0.05) is 19.0 Å². The molecule has 1 N–H and O–H groups in total. The van der Waals surface area contributed by atoms with E-state index in [0.717, 1.165) is 53.1 Å². The third kappa shape index (κ3) is 9.25. The van der Waals surface area contributed by atoms with Crippen molar-refractivity contribution in [1.82, 2.24) is 10.2 Å². The zero-order chi connectivity index (χ0) is 35.7. The van der Waals surface area contributed by atoms with Gasteiger partial charge in [-0.15, -0.1) is 0 Å². The van der Waals surface area contributed by atoms with Gasteiger partial charge >= 0.3 is 0 Å². The molecule has 0 aliphatic heterocycles. The number of rotatable bonds is 14. The first-order valence-corrected chi connectivity index (χ1v) is 19.0. The van der Waals surface area contributed by atoms with Crippen LogP contribution < -0.4 is 19.1 Å². The molecule has 9 nitrogen and oxygen atoms in total. The number of amides is 2. The van der Waals surface area contributed by atoms with E-state index in [2.05, 4.69) is 21.2 Å². The molecule has 1 atom stereocenters. The number of sulfonamides is 1. The number of halogens is 1. The number of hydrogen-bond donors (Lipinski definition) is 1. The quantitative estimate of drug-likeness (QED) is 0.148. The van der Waals surface area contributed by atoms with E-state index in [1.54, 1.807) is 37.4 Å². The molecule has 50 heavy (non-hydrogen) atoms. The Morgan fingerprint density at radius 2 is 1.56 bits per heavy atom. The third-order valence-electron chi connectivity index (χ3n) is 9.02. The third-order valence-corrected chi connectivity index (χ3v) is 11.4. The van der Waals surface area contributed by atoms with Crippen LogP contribution in [0.25, 0.3) is 0 Å². The normalized spacial score (nSPS) is 14.0. The molecule has 5 rings (SSSR count). The smallest absolute Gasteiger partial charge is 0.264 e. The van der Waals surface area contributed by atoms with E-state index < -0.39 is 28.5 Å². The van der Waals surface area contributed by atoms with Gasteiger partial charge in [-0.25, -0.2) is 8.42 Å². The maximum atomic E-state index is 14.8. The SMILES string of the molecule is COc1cccc(CN(C(=O)CN(c2ccc(C)cc2)S(=O)(=O)c2ccc(OC)c(Br)c2)[C@H](Cc2ccccc2)C(=O)NC2CCCCC2)c1. The zero-order valence-electron chi connectivity index (χ0n) is 28.7. The Kier molecular flexibility index (Phi) is 12.6. The summed E-state index contributed by atoms with van der Waals surface area (Å²) >= 11 is 3.41. The highest BCUT2D eigenvalue weighted by molar-refractivity contribution is 9.10. The van der Waals surface area contributed by atoms with E-state index in [9.17, 15) is 18.0 Å². The van der Waals surface area contributed by atoms with Crippen LogP contribution in [0.3, 0.4) is 0 Å². The molecule has 0 radical (unpaired) electrons. The first-order chi connectivity index (χ1) is 24.1. The summed E-state index contributed by atoms with van der Waals surface area (Å²) < 4.78 is 41.2. The minimum atomic E-state index is -4.27. The summed E-state index contributed by atoms with van der Waals surface area (Å²) in [5, 5.41) is 3.24. The lowest BCUT2D eigenvalue weighted by molar-refractivity contribution is -0.140. The van der Waals surface area contributed by atoms with Gasteiger partial charge < -0.3 is 19.7 Å². The van der Waals surface area contributed by atoms with E-state index in [1.807, 2.05) is 61.5 Å². The fourth-order valence-corrected chi connectivity index (χ4v) is 8.37. The number of anilines is 1. The lowest BCUT2D eigenvalue weighted by Gasteiger charge is -2.35. The average molecular weight is 763 g/mol. The number of methoxy groups -OCH3 is 2. The molecule has 4 aromatic rings. The van der Waals surface area contributed by atoms with Gasteiger partial charge in [0.1, 0.15) is 24.1 Å². The number of hydrogen-bond acceptors (Lipinski definition) is 6. The van der Waals surface area contributed by atoms with Crippen molar-refractivity contribution in [2.45, 2.75) is 69.0 Å². The molecule has 1 aliphatic rings. The molecule has 4 aromatic carbocycles. The number of carbonyl (C=O) groups is 2. The van der Waals surface area contributed by atoms with Gasteiger partial charge in [-0.2, -0.15) is 0 Å². The van der Waals surface area contributed by atoms with Crippen LogP contribution in [0.2, 0.25) is 0 Å². The second-order valence-corrected chi connectivity index (χ2v) is 15.3. The Morgan fingerprint density at radius 1 is 0.860 bits per heavy atom. The second-order valence-electron chi connectivity index (χ2n) is 12.6. The van der Waals surface area contributed by atoms with Crippen molar-refractivity contribution < 1.29 is 27.5 Å². The monoisotopic (exact) mass is 761 g/mol. The predicted molar refractivity (Wildman–Crippen MR) is 199 cm³/mol. The van der Waals surface area contributed by atoms with Crippen LogP contribution in [0, 0.1) is 6.92 Å². The van der Waals surface area contributed by atoms with Crippen molar-refractivity contribution in [3.63, 3.8) is 0 Å². The van der Waals surface area contributed by atoms with Crippen LogP contribution >= 0.6 is 15.9 Å². The highest BCUT2D eigenvalue weighted by Gasteiger charge is 2.35. The molecule has 0 aromatic heterocycles. The summed E-state index contributed by atoms with van der Waals surface area (Å²) in [5.41, 5.74) is 2.88. The molecule has 0 heterocycles. The summed E-state index contributed by atoms with van der Waals surface area (Å²) in [4.78, 5) is 30.6. The maximum Gasteiger partial charge on any atom is 0.264 e. The number of nitrogens with one attached hydrogen (secondary N) is 1. The molecular formula is C39H44BrN3O6S. The lowest BCUT2D eigenvalue weighted by Crippen LogP contribution is -2.55. The van der Waals surface area contributed by atoms with Crippen molar-refractivity contribution in [3.05, 3.63) is 118 Å². The van der Waals surface area contributed by atoms with Crippen molar-refractivity contribution in [2.75, 3.05) is 25.1 Å². The van der Waals surface area contributed by atoms with E-state index in [4.69, 9.17) is 9.47 Å². The minimum Gasteiger partial charge on any atom is -0.497 e. The molecule has 1 fully saturated rings. The molecule has 1 aliphatic carbocycles. The van der Waals surface area contributed by atoms with Crippen molar-refractivity contribution in [2.24, 2.45) is 0 Å². The summed E-state index contributed by atoms with van der Waals surface area (Å²) in [6.45, 7) is 1.42. The van der Waals surface area contributed by atoms with Gasteiger partial charge in [-0.05, 0) is 89.3 Å². The molecule has 264 valence electrons. The van der Waals surface area contributed by atoms with E-state index >= 15 is 0 Å². The standard InChI is InChI=1S/C39H44BrN3O6S/c1-28-17-19-32(20-18-28)43(50(46,47)34-21-22-37(49-3)35(40)25-34)27-38(44)42(26-30-13-10-16-33(23-30)48-2)36(24-29-11-6-4-7-12-29)39(45)41-31-14-8-5-9-15-31/h4,6-7,10-13,16-23,25,31,36H,5,8-9,14-15,24,26-27H2,1-3H3,(H,41,45)/t36-/m1/s1. The highest BCUT2D eigenvalue weighted by Crippen LogP contribution is 2.31. The molecule has 11 heteroatoms. The van der Waals surface area contributed by atoms with Crippen LogP contribution in [0.15, 0.2) is 106 Å². The van der Waals surface area contributed by atoms with Crippen LogP contribution in [0.5, 0.6) is 11.5 Å². The van der Waals surface area contributed by atoms with Crippen LogP contribution in [-0.4, -0.2) is 58.0 Å². The van der Waals surface area contributed by atoms with E-state index in [-0.39, 0.29) is 29.8 Å². The summed E-state index contributed by atoms with van der Waals surface area (Å²) in [5.74, 6) is 0.291. The summed E-state index contributed by atoms with van der Waals surface area (Å²) in [6.07, 6.45) is 5.21. The number of benzene rings is 4.